The van der Waals surface area contributed by atoms with Gasteiger partial charge in [-0.2, -0.15) is 0 Å². The molecular weight excluding hydrogens is 441 g/mol. The number of benzene rings is 1. The van der Waals surface area contributed by atoms with Crippen LogP contribution in [-0.4, -0.2) is 45.1 Å². The summed E-state index contributed by atoms with van der Waals surface area (Å²) in [4.78, 5) is 4.48. The van der Waals surface area contributed by atoms with Crippen LogP contribution in [0.2, 0.25) is 5.02 Å². The molecule has 3 rings (SSSR count). The summed E-state index contributed by atoms with van der Waals surface area (Å²) >= 11 is 7.56. The Morgan fingerprint density at radius 2 is 1.81 bits per heavy atom. The Hall–Kier alpha value is -2.33. The highest BCUT2D eigenvalue weighted by atomic mass is 35.5. The van der Waals surface area contributed by atoms with Crippen LogP contribution in [0.1, 0.15) is 26.5 Å². The highest BCUT2D eigenvalue weighted by Gasteiger charge is 2.18. The Morgan fingerprint density at radius 1 is 1.16 bits per heavy atom. The van der Waals surface area contributed by atoms with E-state index in [0.717, 1.165) is 17.1 Å². The molecule has 4 N–H and O–H groups in total. The van der Waals surface area contributed by atoms with Gasteiger partial charge in [0, 0.05) is 22.9 Å². The van der Waals surface area contributed by atoms with Crippen LogP contribution in [0.3, 0.4) is 0 Å². The lowest BCUT2D eigenvalue weighted by Gasteiger charge is -2.16. The highest BCUT2D eigenvalue weighted by molar-refractivity contribution is 7.17. The van der Waals surface area contributed by atoms with E-state index < -0.39 is 18.0 Å². The molecule has 0 aliphatic rings. The van der Waals surface area contributed by atoms with Crippen molar-refractivity contribution in [3.63, 3.8) is 0 Å². The maximum Gasteiger partial charge on any atom is 0.173 e. The van der Waals surface area contributed by atoms with E-state index in [2.05, 4.69) is 20.5 Å². The number of hydrogen-bond donors (Lipinski definition) is 3. The number of pyridine rings is 1. The quantitative estimate of drug-likeness (QED) is 0.456. The average Bonchev–Trinajstić information content (AvgIpc) is 3.16. The van der Waals surface area contributed by atoms with Gasteiger partial charge >= 0.3 is 0 Å². The van der Waals surface area contributed by atoms with Gasteiger partial charge in [-0.3, -0.25) is 0 Å². The zero-order valence-electron chi connectivity index (χ0n) is 17.7. The minimum absolute atomic E-state index is 0.0647. The zero-order valence-corrected chi connectivity index (χ0v) is 19.3. The second-order valence-corrected chi connectivity index (χ2v) is 8.96. The topological polar surface area (TPSA) is 106 Å². The van der Waals surface area contributed by atoms with Gasteiger partial charge in [-0.15, -0.1) is 10.2 Å². The molecule has 0 saturated carbocycles. The van der Waals surface area contributed by atoms with E-state index in [0.29, 0.717) is 15.6 Å². The van der Waals surface area contributed by atoms with Crippen LogP contribution < -0.4 is 15.8 Å². The molecule has 0 fully saturated rings. The van der Waals surface area contributed by atoms with Crippen molar-refractivity contribution in [1.82, 2.24) is 15.2 Å². The maximum absolute atomic E-state index is 14.6. The molecular formula is C21H25ClFN5O2S. The number of aromatic nitrogens is 3. The number of nitrogens with two attached hydrogens (primary N) is 1. The number of ether oxygens (including phenoxy) is 1. The standard InChI is InChI=1S/C21H25ClFN5O2S/c1-10(2)25-18-8-13(5-11(3)26-18)20-27-28-21(31-20)14-6-15(22)19(16(23)7-14)30-9-17(24)12(4)29/h5-8,10,12,17,29H,9,24H2,1-4H3,(H,25,26)/t12-,17+/m1/s1. The molecule has 7 nitrogen and oxygen atoms in total. The summed E-state index contributed by atoms with van der Waals surface area (Å²) in [6, 6.07) is 6.29. The van der Waals surface area contributed by atoms with Crippen LogP contribution in [0.4, 0.5) is 10.2 Å². The monoisotopic (exact) mass is 465 g/mol. The van der Waals surface area contributed by atoms with E-state index in [1.165, 1.54) is 24.3 Å². The molecule has 166 valence electrons. The van der Waals surface area contributed by atoms with Gasteiger partial charge in [0.2, 0.25) is 0 Å². The van der Waals surface area contributed by atoms with Crippen LogP contribution >= 0.6 is 22.9 Å². The molecule has 2 atom stereocenters. The first-order chi connectivity index (χ1) is 14.6. The number of aliphatic hydroxyl groups excluding tert-OH is 1. The van der Waals surface area contributed by atoms with Crippen LogP contribution in [0, 0.1) is 12.7 Å². The molecule has 0 aliphatic heterocycles. The summed E-state index contributed by atoms with van der Waals surface area (Å²) in [5, 5.41) is 22.5. The zero-order chi connectivity index (χ0) is 22.7. The third kappa shape index (κ3) is 5.88. The van der Waals surface area contributed by atoms with E-state index >= 15 is 0 Å². The van der Waals surface area contributed by atoms with E-state index in [1.807, 2.05) is 32.9 Å². The largest absolute Gasteiger partial charge is 0.487 e. The smallest absolute Gasteiger partial charge is 0.173 e. The van der Waals surface area contributed by atoms with E-state index in [4.69, 9.17) is 22.1 Å². The number of anilines is 1. The second-order valence-electron chi connectivity index (χ2n) is 7.58. The number of halogens is 2. The average molecular weight is 466 g/mol. The molecule has 31 heavy (non-hydrogen) atoms. The SMILES string of the molecule is Cc1cc(-c2nnc(-c3cc(F)c(OC[C@H](N)[C@@H](C)O)c(Cl)c3)s2)cc(NC(C)C)n1. The maximum atomic E-state index is 14.6. The second kappa shape index (κ2) is 9.86. The number of aliphatic hydroxyl groups is 1. The third-order valence-corrected chi connectivity index (χ3v) is 5.65. The first kappa shape index (κ1) is 23.3. The predicted molar refractivity (Wildman–Crippen MR) is 122 cm³/mol. The molecule has 0 aliphatic carbocycles. The normalized spacial score (nSPS) is 13.3. The van der Waals surface area contributed by atoms with Gasteiger partial charge in [0.15, 0.2) is 11.6 Å². The molecule has 0 spiro atoms. The number of aryl methyl sites for hydroxylation is 1. The third-order valence-electron chi connectivity index (χ3n) is 4.35. The number of nitrogens with zero attached hydrogens (tertiary/aromatic N) is 3. The lowest BCUT2D eigenvalue weighted by molar-refractivity contribution is 0.129. The Labute approximate surface area is 189 Å². The Balaban J connectivity index is 1.85. The summed E-state index contributed by atoms with van der Waals surface area (Å²) < 4.78 is 20.0. The first-order valence-corrected chi connectivity index (χ1v) is 11.0. The van der Waals surface area contributed by atoms with Crippen molar-refractivity contribution in [2.24, 2.45) is 5.73 Å². The molecule has 0 saturated heterocycles. The Bertz CT molecular complexity index is 1040. The fraction of sp³-hybridized carbons (Fsp3) is 0.381. The van der Waals surface area contributed by atoms with Gasteiger partial charge in [-0.05, 0) is 52.0 Å². The van der Waals surface area contributed by atoms with Crippen molar-refractivity contribution in [2.75, 3.05) is 11.9 Å². The number of nitrogens with one attached hydrogen (secondary N) is 1. The van der Waals surface area contributed by atoms with Crippen molar-refractivity contribution in [2.45, 2.75) is 45.9 Å². The molecule has 2 heterocycles. The summed E-state index contributed by atoms with van der Waals surface area (Å²) in [6.45, 7) is 7.46. The van der Waals surface area contributed by atoms with Crippen molar-refractivity contribution in [1.29, 1.82) is 0 Å². The summed E-state index contributed by atoms with van der Waals surface area (Å²) in [5.41, 5.74) is 7.94. The van der Waals surface area contributed by atoms with Crippen molar-refractivity contribution in [3.05, 3.63) is 40.8 Å². The molecule has 0 amide bonds. The Morgan fingerprint density at radius 3 is 2.39 bits per heavy atom. The lowest BCUT2D eigenvalue weighted by Crippen LogP contribution is -2.38. The fourth-order valence-corrected chi connectivity index (χ4v) is 3.84. The fourth-order valence-electron chi connectivity index (χ4n) is 2.76. The predicted octanol–water partition coefficient (Wildman–Crippen LogP) is 4.28. The van der Waals surface area contributed by atoms with Crippen LogP contribution in [0.15, 0.2) is 24.3 Å². The molecule has 2 aromatic heterocycles. The van der Waals surface area contributed by atoms with Gasteiger partial charge in [-0.25, -0.2) is 9.37 Å². The van der Waals surface area contributed by atoms with Crippen molar-refractivity contribution < 1.29 is 14.2 Å². The van der Waals surface area contributed by atoms with Crippen molar-refractivity contribution in [3.8, 4) is 26.9 Å². The number of rotatable bonds is 8. The molecule has 0 unspecified atom stereocenters. The van der Waals surface area contributed by atoms with Gasteiger partial charge in [0.1, 0.15) is 22.4 Å². The minimum Gasteiger partial charge on any atom is -0.487 e. The van der Waals surface area contributed by atoms with Crippen molar-refractivity contribution >= 4 is 28.8 Å². The van der Waals surface area contributed by atoms with Crippen LogP contribution in [0.25, 0.3) is 21.1 Å². The Kier molecular flexibility index (Phi) is 7.42. The summed E-state index contributed by atoms with van der Waals surface area (Å²) in [5.74, 6) is 0.00776. The van der Waals surface area contributed by atoms with Gasteiger partial charge in [0.25, 0.3) is 0 Å². The summed E-state index contributed by atoms with van der Waals surface area (Å²) in [7, 11) is 0. The first-order valence-electron chi connectivity index (χ1n) is 9.79. The van der Waals surface area contributed by atoms with Gasteiger partial charge in [-0.1, -0.05) is 22.9 Å². The molecule has 1 aromatic carbocycles. The van der Waals surface area contributed by atoms with E-state index in [1.54, 1.807) is 6.07 Å². The lowest BCUT2D eigenvalue weighted by atomic mass is 10.2. The van der Waals surface area contributed by atoms with Gasteiger partial charge < -0.3 is 20.9 Å². The highest BCUT2D eigenvalue weighted by Crippen LogP contribution is 2.36. The molecule has 0 radical (unpaired) electrons. The molecule has 0 bridgehead atoms. The van der Waals surface area contributed by atoms with E-state index in [-0.39, 0.29) is 23.4 Å². The number of hydrogen-bond acceptors (Lipinski definition) is 8. The molecule has 10 heteroatoms. The summed E-state index contributed by atoms with van der Waals surface area (Å²) in [6.07, 6.45) is -0.783. The van der Waals surface area contributed by atoms with Crippen LogP contribution in [-0.2, 0) is 0 Å². The molecule has 3 aromatic rings. The van der Waals surface area contributed by atoms with E-state index in [9.17, 15) is 9.50 Å². The minimum atomic E-state index is -0.783. The van der Waals surface area contributed by atoms with Crippen LogP contribution in [0.5, 0.6) is 5.75 Å². The van der Waals surface area contributed by atoms with Gasteiger partial charge in [0.05, 0.1) is 17.2 Å².